The average molecular weight is 384 g/mol. The summed E-state index contributed by atoms with van der Waals surface area (Å²) in [6.07, 6.45) is 2.05. The standard InChI is InChI=1S/C20H21FN4O3/c1-11-2-4-15(9-16(11)21)25-10-13(8-19(25)27)20(28)22-14-3-5-17-12(6-14)7-18(26)24-23-17/h2,4,7,9,13-14H,3,5-6,8,10H2,1H3,(H,22,28)(H,24,26). The van der Waals surface area contributed by atoms with Crippen molar-refractivity contribution >= 4 is 17.5 Å². The Labute approximate surface area is 160 Å². The second-order valence-electron chi connectivity index (χ2n) is 7.49. The van der Waals surface area contributed by atoms with E-state index in [4.69, 9.17) is 0 Å². The Morgan fingerprint density at radius 1 is 1.29 bits per heavy atom. The van der Waals surface area contributed by atoms with Crippen molar-refractivity contribution in [2.75, 3.05) is 11.4 Å². The SMILES string of the molecule is Cc1ccc(N2CC(C(=O)NC3CCc4n[nH]c(=O)cc4C3)CC2=O)cc1F. The minimum Gasteiger partial charge on any atom is -0.353 e. The van der Waals surface area contributed by atoms with E-state index in [9.17, 15) is 18.8 Å². The van der Waals surface area contributed by atoms with Crippen molar-refractivity contribution in [2.45, 2.75) is 38.6 Å². The number of fused-ring (bicyclic) bond motifs is 1. The normalized spacial score (nSPS) is 21.5. The summed E-state index contributed by atoms with van der Waals surface area (Å²) < 4.78 is 13.8. The van der Waals surface area contributed by atoms with Gasteiger partial charge in [-0.3, -0.25) is 14.4 Å². The highest BCUT2D eigenvalue weighted by molar-refractivity contribution is 6.00. The molecule has 7 nitrogen and oxygen atoms in total. The predicted molar refractivity (Wildman–Crippen MR) is 100 cm³/mol. The number of hydrogen-bond donors (Lipinski definition) is 2. The molecule has 146 valence electrons. The molecule has 2 N–H and O–H groups in total. The van der Waals surface area contributed by atoms with Crippen LogP contribution in [0.25, 0.3) is 0 Å². The van der Waals surface area contributed by atoms with Crippen LogP contribution in [0.2, 0.25) is 0 Å². The maximum absolute atomic E-state index is 13.8. The molecule has 2 aromatic rings. The summed E-state index contributed by atoms with van der Waals surface area (Å²) in [6.45, 7) is 1.89. The van der Waals surface area contributed by atoms with Crippen LogP contribution in [-0.4, -0.2) is 34.6 Å². The van der Waals surface area contributed by atoms with E-state index in [1.165, 1.54) is 17.0 Å². The molecule has 8 heteroatoms. The van der Waals surface area contributed by atoms with E-state index in [-0.39, 0.29) is 42.2 Å². The lowest BCUT2D eigenvalue weighted by Gasteiger charge is -2.25. The Morgan fingerprint density at radius 3 is 2.89 bits per heavy atom. The molecule has 0 saturated carbocycles. The smallest absolute Gasteiger partial charge is 0.264 e. The van der Waals surface area contributed by atoms with Crippen molar-refractivity contribution in [1.29, 1.82) is 0 Å². The molecule has 2 unspecified atom stereocenters. The number of aryl methyl sites for hydroxylation is 2. The van der Waals surface area contributed by atoms with Crippen LogP contribution in [0.5, 0.6) is 0 Å². The van der Waals surface area contributed by atoms with Gasteiger partial charge in [-0.05, 0) is 49.4 Å². The van der Waals surface area contributed by atoms with Gasteiger partial charge in [0.15, 0.2) is 0 Å². The summed E-state index contributed by atoms with van der Waals surface area (Å²) >= 11 is 0. The van der Waals surface area contributed by atoms with Gasteiger partial charge in [0.05, 0.1) is 11.6 Å². The van der Waals surface area contributed by atoms with E-state index >= 15 is 0 Å². The second-order valence-corrected chi connectivity index (χ2v) is 7.49. The van der Waals surface area contributed by atoms with E-state index in [1.807, 2.05) is 0 Å². The minimum absolute atomic E-state index is 0.0930. The molecule has 2 aliphatic rings. The molecule has 1 aromatic heterocycles. The van der Waals surface area contributed by atoms with Gasteiger partial charge in [0, 0.05) is 30.8 Å². The number of anilines is 1. The molecule has 2 amide bonds. The third kappa shape index (κ3) is 3.54. The molecule has 0 bridgehead atoms. The van der Waals surface area contributed by atoms with E-state index < -0.39 is 5.92 Å². The number of aromatic nitrogens is 2. The number of H-pyrrole nitrogens is 1. The Hall–Kier alpha value is -3.03. The molecule has 0 spiro atoms. The van der Waals surface area contributed by atoms with Crippen molar-refractivity contribution in [2.24, 2.45) is 5.92 Å². The van der Waals surface area contributed by atoms with Crippen LogP contribution in [-0.2, 0) is 22.4 Å². The summed E-state index contributed by atoms with van der Waals surface area (Å²) in [6, 6.07) is 6.08. The Kier molecular flexibility index (Phi) is 4.70. The van der Waals surface area contributed by atoms with E-state index in [1.54, 1.807) is 19.1 Å². The summed E-state index contributed by atoms with van der Waals surface area (Å²) in [5.41, 5.74) is 2.43. The van der Waals surface area contributed by atoms with Gasteiger partial charge in [-0.2, -0.15) is 5.10 Å². The number of rotatable bonds is 3. The molecule has 1 aromatic carbocycles. The molecule has 2 atom stereocenters. The molecular weight excluding hydrogens is 363 g/mol. The number of benzene rings is 1. The fourth-order valence-electron chi connectivity index (χ4n) is 3.86. The number of aromatic amines is 1. The van der Waals surface area contributed by atoms with Gasteiger partial charge in [-0.15, -0.1) is 0 Å². The zero-order valence-electron chi connectivity index (χ0n) is 15.5. The van der Waals surface area contributed by atoms with Crippen molar-refractivity contribution in [3.05, 3.63) is 57.3 Å². The summed E-state index contributed by atoms with van der Waals surface area (Å²) in [5.74, 6) is -1.22. The first-order chi connectivity index (χ1) is 13.4. The first-order valence-corrected chi connectivity index (χ1v) is 9.35. The second kappa shape index (κ2) is 7.18. The highest BCUT2D eigenvalue weighted by Crippen LogP contribution is 2.27. The van der Waals surface area contributed by atoms with Crippen LogP contribution in [0.1, 0.15) is 29.7 Å². The summed E-state index contributed by atoms with van der Waals surface area (Å²) in [7, 11) is 0. The largest absolute Gasteiger partial charge is 0.353 e. The molecule has 1 aliphatic carbocycles. The zero-order chi connectivity index (χ0) is 19.8. The minimum atomic E-state index is -0.476. The van der Waals surface area contributed by atoms with Crippen LogP contribution in [0.15, 0.2) is 29.1 Å². The Bertz CT molecular complexity index is 1000. The Balaban J connectivity index is 1.41. The van der Waals surface area contributed by atoms with Gasteiger partial charge in [0.25, 0.3) is 5.56 Å². The third-order valence-electron chi connectivity index (χ3n) is 5.48. The topological polar surface area (TPSA) is 95.2 Å². The first kappa shape index (κ1) is 18.3. The van der Waals surface area contributed by atoms with Gasteiger partial charge in [-0.25, -0.2) is 9.49 Å². The van der Waals surface area contributed by atoms with Gasteiger partial charge >= 0.3 is 0 Å². The molecule has 28 heavy (non-hydrogen) atoms. The number of carbonyl (C=O) groups is 2. The number of hydrogen-bond acceptors (Lipinski definition) is 4. The van der Waals surface area contributed by atoms with Gasteiger partial charge < -0.3 is 10.2 Å². The monoisotopic (exact) mass is 384 g/mol. The molecule has 1 aliphatic heterocycles. The zero-order valence-corrected chi connectivity index (χ0v) is 15.5. The van der Waals surface area contributed by atoms with Crippen molar-refractivity contribution in [3.8, 4) is 0 Å². The molecule has 0 radical (unpaired) electrons. The fourth-order valence-corrected chi connectivity index (χ4v) is 3.86. The number of amides is 2. The number of carbonyl (C=O) groups excluding carboxylic acids is 2. The van der Waals surface area contributed by atoms with Crippen molar-refractivity contribution in [1.82, 2.24) is 15.5 Å². The highest BCUT2D eigenvalue weighted by Gasteiger charge is 2.36. The molecule has 1 fully saturated rings. The lowest BCUT2D eigenvalue weighted by atomic mass is 9.92. The van der Waals surface area contributed by atoms with Crippen molar-refractivity contribution < 1.29 is 14.0 Å². The predicted octanol–water partition coefficient (Wildman–Crippen LogP) is 1.24. The van der Waals surface area contributed by atoms with Crippen LogP contribution in [0, 0.1) is 18.7 Å². The average Bonchev–Trinajstić information content (AvgIpc) is 3.05. The van der Waals surface area contributed by atoms with Gasteiger partial charge in [0.2, 0.25) is 11.8 Å². The van der Waals surface area contributed by atoms with E-state index in [0.717, 1.165) is 17.7 Å². The summed E-state index contributed by atoms with van der Waals surface area (Å²) in [5, 5.41) is 9.48. The number of nitrogens with zero attached hydrogens (tertiary/aromatic N) is 2. The molecule has 1 saturated heterocycles. The maximum Gasteiger partial charge on any atom is 0.264 e. The summed E-state index contributed by atoms with van der Waals surface area (Å²) in [4.78, 5) is 38.0. The van der Waals surface area contributed by atoms with Crippen LogP contribution < -0.4 is 15.8 Å². The first-order valence-electron chi connectivity index (χ1n) is 9.35. The molecule has 4 rings (SSSR count). The van der Waals surface area contributed by atoms with Gasteiger partial charge in [-0.1, -0.05) is 6.07 Å². The van der Waals surface area contributed by atoms with Crippen molar-refractivity contribution in [3.63, 3.8) is 0 Å². The number of nitrogens with one attached hydrogen (secondary N) is 2. The molecular formula is C20H21FN4O3. The third-order valence-corrected chi connectivity index (χ3v) is 5.48. The van der Waals surface area contributed by atoms with Crippen LogP contribution >= 0.6 is 0 Å². The van der Waals surface area contributed by atoms with E-state index in [0.29, 0.717) is 24.1 Å². The van der Waals surface area contributed by atoms with Gasteiger partial charge in [0.1, 0.15) is 5.82 Å². The number of halogens is 1. The van der Waals surface area contributed by atoms with Crippen LogP contribution in [0.4, 0.5) is 10.1 Å². The highest BCUT2D eigenvalue weighted by atomic mass is 19.1. The van der Waals surface area contributed by atoms with Crippen LogP contribution in [0.3, 0.4) is 0 Å². The molecule has 2 heterocycles. The fraction of sp³-hybridized carbons (Fsp3) is 0.400. The van der Waals surface area contributed by atoms with E-state index in [2.05, 4.69) is 15.5 Å². The lowest BCUT2D eigenvalue weighted by molar-refractivity contribution is -0.127. The lowest BCUT2D eigenvalue weighted by Crippen LogP contribution is -2.43. The Morgan fingerprint density at radius 2 is 2.11 bits per heavy atom. The maximum atomic E-state index is 13.8. The quantitative estimate of drug-likeness (QED) is 0.833.